The van der Waals surface area contributed by atoms with E-state index < -0.39 is 0 Å². The molecule has 0 fully saturated rings. The molecule has 1 N–H and O–H groups in total. The molecular weight excluding hydrogens is 396 g/mol. The van der Waals surface area contributed by atoms with Crippen molar-refractivity contribution in [3.05, 3.63) is 70.3 Å². The summed E-state index contributed by atoms with van der Waals surface area (Å²) in [6.45, 7) is 7.04. The van der Waals surface area contributed by atoms with Gasteiger partial charge in [0, 0.05) is 18.5 Å². The maximum absolute atomic E-state index is 5.71. The number of aromatic nitrogens is 3. The molecule has 0 radical (unpaired) electrons. The van der Waals surface area contributed by atoms with Gasteiger partial charge < -0.3 is 18.9 Å². The summed E-state index contributed by atoms with van der Waals surface area (Å²) in [5, 5.41) is 4.84. The number of rotatable bonds is 10. The van der Waals surface area contributed by atoms with Crippen LogP contribution in [0.3, 0.4) is 0 Å². The zero-order chi connectivity index (χ0) is 21.5. The average Bonchev–Trinajstić information content (AvgIpc) is 3.03. The summed E-state index contributed by atoms with van der Waals surface area (Å²) in [6, 6.07) is 16.5. The van der Waals surface area contributed by atoms with E-state index in [1.54, 1.807) is 7.11 Å². The number of hydrogen-bond acceptors (Lipinski definition) is 4. The summed E-state index contributed by atoms with van der Waals surface area (Å²) in [7, 11) is 3.82. The molecule has 6 nitrogen and oxygen atoms in total. The number of quaternary nitrogens is 1. The molecule has 7 heteroatoms. The van der Waals surface area contributed by atoms with Crippen molar-refractivity contribution in [3.8, 4) is 11.5 Å². The summed E-state index contributed by atoms with van der Waals surface area (Å²) in [6.07, 6.45) is 0.778. The van der Waals surface area contributed by atoms with Crippen LogP contribution in [0, 0.1) is 4.77 Å². The van der Waals surface area contributed by atoms with Gasteiger partial charge >= 0.3 is 0 Å². The highest BCUT2D eigenvalue weighted by atomic mass is 32.1. The fourth-order valence-electron chi connectivity index (χ4n) is 3.57. The van der Waals surface area contributed by atoms with Crippen molar-refractivity contribution in [3.63, 3.8) is 0 Å². The highest BCUT2D eigenvalue weighted by Gasteiger charge is 2.14. The van der Waals surface area contributed by atoms with Crippen molar-refractivity contribution < 1.29 is 14.4 Å². The average molecular weight is 428 g/mol. The largest absolute Gasteiger partial charge is 0.493 e. The third-order valence-corrected chi connectivity index (χ3v) is 5.41. The summed E-state index contributed by atoms with van der Waals surface area (Å²) in [5.41, 5.74) is 2.42. The first kappa shape index (κ1) is 22.1. The highest BCUT2D eigenvalue weighted by Crippen LogP contribution is 2.27. The van der Waals surface area contributed by atoms with E-state index in [-0.39, 0.29) is 0 Å². The third kappa shape index (κ3) is 5.29. The Morgan fingerprint density at radius 3 is 2.47 bits per heavy atom. The lowest BCUT2D eigenvalue weighted by atomic mass is 10.1. The van der Waals surface area contributed by atoms with Crippen molar-refractivity contribution in [2.75, 3.05) is 20.8 Å². The quantitative estimate of drug-likeness (QED) is 0.505. The van der Waals surface area contributed by atoms with Gasteiger partial charge in [-0.05, 0) is 49.8 Å². The monoisotopic (exact) mass is 427 g/mol. The second-order valence-electron chi connectivity index (χ2n) is 7.32. The predicted octanol–water partition coefficient (Wildman–Crippen LogP) is 3.10. The van der Waals surface area contributed by atoms with Gasteiger partial charge in [0.2, 0.25) is 4.77 Å². The normalized spacial score (nSPS) is 12.0. The van der Waals surface area contributed by atoms with Crippen molar-refractivity contribution in [1.82, 2.24) is 14.3 Å². The third-order valence-electron chi connectivity index (χ3n) is 4.97. The first-order chi connectivity index (χ1) is 14.5. The molecule has 1 unspecified atom stereocenters. The van der Waals surface area contributed by atoms with Crippen LogP contribution in [0.5, 0.6) is 11.5 Å². The lowest BCUT2D eigenvalue weighted by molar-refractivity contribution is -0.917. The van der Waals surface area contributed by atoms with Gasteiger partial charge in [-0.25, -0.2) is 0 Å². The van der Waals surface area contributed by atoms with Crippen LogP contribution in [0.15, 0.2) is 48.5 Å². The summed E-state index contributed by atoms with van der Waals surface area (Å²) >= 11 is 5.71. The van der Waals surface area contributed by atoms with E-state index in [0.29, 0.717) is 13.3 Å². The fraction of sp³-hybridized carbons (Fsp3) is 0.391. The molecule has 2 aromatic carbocycles. The number of ether oxygens (including phenoxy) is 2. The molecule has 0 saturated heterocycles. The van der Waals surface area contributed by atoms with Crippen molar-refractivity contribution in [2.45, 2.75) is 40.0 Å². The number of hydrogen-bond donors (Lipinski definition) is 1. The van der Waals surface area contributed by atoms with Crippen LogP contribution in [-0.2, 0) is 26.2 Å². The predicted molar refractivity (Wildman–Crippen MR) is 121 cm³/mol. The molecule has 0 spiro atoms. The number of nitrogens with one attached hydrogen (secondary N) is 1. The Hall–Kier alpha value is -2.64. The maximum Gasteiger partial charge on any atom is 0.202 e. The lowest BCUT2D eigenvalue weighted by Crippen LogP contribution is -3.07. The van der Waals surface area contributed by atoms with E-state index in [1.807, 2.05) is 29.8 Å². The van der Waals surface area contributed by atoms with Crippen LogP contribution in [0.2, 0.25) is 0 Å². The number of nitrogens with zero attached hydrogens (tertiary/aromatic N) is 3. The van der Waals surface area contributed by atoms with Crippen LogP contribution in [-0.4, -0.2) is 35.1 Å². The highest BCUT2D eigenvalue weighted by molar-refractivity contribution is 7.71. The molecule has 0 amide bonds. The molecule has 3 rings (SSSR count). The second-order valence-corrected chi connectivity index (χ2v) is 7.68. The van der Waals surface area contributed by atoms with Gasteiger partial charge in [-0.1, -0.05) is 30.3 Å². The van der Waals surface area contributed by atoms with E-state index in [4.69, 9.17) is 26.8 Å². The Labute approximate surface area is 183 Å². The Morgan fingerprint density at radius 1 is 1.03 bits per heavy atom. The minimum absolute atomic E-state index is 0.616. The van der Waals surface area contributed by atoms with E-state index in [1.165, 1.54) is 16.0 Å². The second kappa shape index (κ2) is 10.4. The number of benzene rings is 2. The van der Waals surface area contributed by atoms with Crippen molar-refractivity contribution >= 4 is 12.2 Å². The van der Waals surface area contributed by atoms with Gasteiger partial charge in [-0.15, -0.1) is 0 Å². The molecule has 1 aromatic heterocycles. The molecule has 0 aliphatic rings. The topological polar surface area (TPSA) is 45.7 Å². The summed E-state index contributed by atoms with van der Waals surface area (Å²) < 4.78 is 15.9. The molecule has 0 saturated carbocycles. The molecule has 1 atom stereocenters. The first-order valence-corrected chi connectivity index (χ1v) is 10.8. The molecular formula is C23H31N4O2S+. The fourth-order valence-corrected chi connectivity index (χ4v) is 3.91. The van der Waals surface area contributed by atoms with Crippen LogP contribution < -0.4 is 14.4 Å². The molecule has 160 valence electrons. The standard InChI is InChI=1S/C23H30N4O2S/c1-5-26-22(15-18-10-8-7-9-11-18)24-27(23(26)30)17-25(3)16-19-12-13-20(29-6-2)21(14-19)28-4/h7-14H,5-6,15-17H2,1-4H3/p+1. The molecule has 3 aromatic rings. The van der Waals surface area contributed by atoms with Crippen LogP contribution in [0.25, 0.3) is 0 Å². The van der Waals surface area contributed by atoms with E-state index in [9.17, 15) is 0 Å². The smallest absolute Gasteiger partial charge is 0.202 e. The van der Waals surface area contributed by atoms with Gasteiger partial charge in [-0.3, -0.25) is 0 Å². The molecule has 30 heavy (non-hydrogen) atoms. The molecule has 0 aliphatic heterocycles. The zero-order valence-corrected chi connectivity index (χ0v) is 19.0. The Bertz CT molecular complexity index is 1010. The molecule has 0 aliphatic carbocycles. The van der Waals surface area contributed by atoms with Gasteiger partial charge in [0.25, 0.3) is 0 Å². The van der Waals surface area contributed by atoms with Crippen LogP contribution in [0.4, 0.5) is 0 Å². The molecule has 0 bridgehead atoms. The van der Waals surface area contributed by atoms with Gasteiger partial charge in [0.05, 0.1) is 20.8 Å². The van der Waals surface area contributed by atoms with E-state index in [0.717, 1.165) is 41.6 Å². The summed E-state index contributed by atoms with van der Waals surface area (Å²) in [4.78, 5) is 1.28. The lowest BCUT2D eigenvalue weighted by Gasteiger charge is -2.15. The van der Waals surface area contributed by atoms with Gasteiger partial charge in [0.15, 0.2) is 18.2 Å². The van der Waals surface area contributed by atoms with Gasteiger partial charge in [-0.2, -0.15) is 9.78 Å². The zero-order valence-electron chi connectivity index (χ0n) is 18.2. The SMILES string of the molecule is CCOc1ccc(C[NH+](C)Cn2nc(Cc3ccccc3)n(CC)c2=S)cc1OC. The van der Waals surface area contributed by atoms with Crippen molar-refractivity contribution in [2.24, 2.45) is 0 Å². The van der Waals surface area contributed by atoms with Gasteiger partial charge in [0.1, 0.15) is 12.4 Å². The van der Waals surface area contributed by atoms with Crippen LogP contribution in [0.1, 0.15) is 30.8 Å². The van der Waals surface area contributed by atoms with Crippen LogP contribution >= 0.6 is 12.2 Å². The molecule has 1 heterocycles. The Morgan fingerprint density at radius 2 is 1.80 bits per heavy atom. The Balaban J connectivity index is 1.73. The number of methoxy groups -OCH3 is 1. The summed E-state index contributed by atoms with van der Waals surface area (Å²) in [5.74, 6) is 2.54. The first-order valence-electron chi connectivity index (χ1n) is 10.4. The minimum Gasteiger partial charge on any atom is -0.493 e. The van der Waals surface area contributed by atoms with E-state index >= 15 is 0 Å². The maximum atomic E-state index is 5.71. The Kier molecular flexibility index (Phi) is 7.65. The van der Waals surface area contributed by atoms with E-state index in [2.05, 4.69) is 48.9 Å². The minimum atomic E-state index is 0.616. The van der Waals surface area contributed by atoms with Crippen molar-refractivity contribution in [1.29, 1.82) is 0 Å².